The van der Waals surface area contributed by atoms with Crippen LogP contribution in [0, 0.1) is 25.7 Å². The van der Waals surface area contributed by atoms with Crippen LogP contribution in [0.4, 0.5) is 0 Å². The molecule has 0 saturated heterocycles. The van der Waals surface area contributed by atoms with Crippen molar-refractivity contribution in [1.82, 2.24) is 0 Å². The van der Waals surface area contributed by atoms with Gasteiger partial charge >= 0.3 is 0 Å². The second kappa shape index (κ2) is 5.05. The molecule has 2 rings (SSSR count). The van der Waals surface area contributed by atoms with Gasteiger partial charge in [-0.3, -0.25) is 0 Å². The van der Waals surface area contributed by atoms with Crippen molar-refractivity contribution in [2.75, 3.05) is 0 Å². The summed E-state index contributed by atoms with van der Waals surface area (Å²) in [7, 11) is 0. The third kappa shape index (κ3) is 2.77. The van der Waals surface area contributed by atoms with E-state index in [0.717, 1.165) is 24.7 Å². The molecule has 2 N–H and O–H groups in total. The van der Waals surface area contributed by atoms with Gasteiger partial charge in [0.25, 0.3) is 0 Å². The number of aryl methyl sites for hydroxylation is 2. The van der Waals surface area contributed by atoms with Crippen LogP contribution in [-0.2, 0) is 5.54 Å². The van der Waals surface area contributed by atoms with Crippen molar-refractivity contribution in [3.8, 4) is 0 Å². The summed E-state index contributed by atoms with van der Waals surface area (Å²) in [5.41, 5.74) is 10.7. The van der Waals surface area contributed by atoms with Crippen LogP contribution >= 0.6 is 0 Å². The zero-order valence-electron chi connectivity index (χ0n) is 12.3. The van der Waals surface area contributed by atoms with Crippen LogP contribution in [-0.4, -0.2) is 0 Å². The average molecular weight is 245 g/mol. The van der Waals surface area contributed by atoms with E-state index in [4.69, 9.17) is 5.73 Å². The molecule has 2 unspecified atom stereocenters. The van der Waals surface area contributed by atoms with Gasteiger partial charge in [0.1, 0.15) is 0 Å². The van der Waals surface area contributed by atoms with Crippen LogP contribution in [0.1, 0.15) is 56.2 Å². The van der Waals surface area contributed by atoms with Gasteiger partial charge in [0.05, 0.1) is 0 Å². The second-order valence-corrected chi connectivity index (χ2v) is 6.63. The Morgan fingerprint density at radius 3 is 2.33 bits per heavy atom. The Hall–Kier alpha value is -0.820. The van der Waals surface area contributed by atoms with Crippen LogP contribution in [0.5, 0.6) is 0 Å². The maximum absolute atomic E-state index is 6.75. The summed E-state index contributed by atoms with van der Waals surface area (Å²) in [6.07, 6.45) is 4.90. The first-order chi connectivity index (χ1) is 8.40. The largest absolute Gasteiger partial charge is 0.321 e. The van der Waals surface area contributed by atoms with E-state index in [1.165, 1.54) is 29.5 Å². The first-order valence-corrected chi connectivity index (χ1v) is 7.28. The molecular weight excluding hydrogens is 218 g/mol. The maximum Gasteiger partial charge on any atom is 0.0412 e. The summed E-state index contributed by atoms with van der Waals surface area (Å²) >= 11 is 0. The number of hydrogen-bond donors (Lipinski definition) is 1. The SMILES string of the molecule is Cc1cc(C)cc(C2(N)CCCC(C(C)C)C2)c1. The van der Waals surface area contributed by atoms with E-state index >= 15 is 0 Å². The fourth-order valence-corrected chi connectivity index (χ4v) is 3.45. The predicted molar refractivity (Wildman–Crippen MR) is 78.6 cm³/mol. The smallest absolute Gasteiger partial charge is 0.0412 e. The van der Waals surface area contributed by atoms with Crippen molar-refractivity contribution in [2.45, 2.75) is 58.9 Å². The third-order valence-corrected chi connectivity index (χ3v) is 4.56. The molecule has 0 radical (unpaired) electrons. The van der Waals surface area contributed by atoms with E-state index in [0.29, 0.717) is 0 Å². The minimum absolute atomic E-state index is 0.0933. The highest BCUT2D eigenvalue weighted by atomic mass is 14.8. The normalized spacial score (nSPS) is 28.7. The van der Waals surface area contributed by atoms with Crippen LogP contribution < -0.4 is 5.73 Å². The molecule has 1 fully saturated rings. The topological polar surface area (TPSA) is 26.0 Å². The lowest BCUT2D eigenvalue weighted by atomic mass is 9.69. The van der Waals surface area contributed by atoms with Gasteiger partial charge in [-0.1, -0.05) is 56.0 Å². The Balaban J connectivity index is 2.29. The Kier molecular flexibility index (Phi) is 3.82. The molecule has 18 heavy (non-hydrogen) atoms. The van der Waals surface area contributed by atoms with E-state index in [2.05, 4.69) is 45.9 Å². The Labute approximate surface area is 112 Å². The quantitative estimate of drug-likeness (QED) is 0.826. The summed E-state index contributed by atoms with van der Waals surface area (Å²) in [6.45, 7) is 9.00. The van der Waals surface area contributed by atoms with Crippen molar-refractivity contribution < 1.29 is 0 Å². The van der Waals surface area contributed by atoms with Gasteiger partial charge in [0.15, 0.2) is 0 Å². The standard InChI is InChI=1S/C17H27N/c1-12(2)15-6-5-7-17(18,11-15)16-9-13(3)8-14(4)10-16/h8-10,12,15H,5-7,11,18H2,1-4H3. The molecule has 1 aromatic rings. The van der Waals surface area contributed by atoms with Crippen molar-refractivity contribution in [1.29, 1.82) is 0 Å². The van der Waals surface area contributed by atoms with Crippen molar-refractivity contribution >= 4 is 0 Å². The molecule has 1 heteroatoms. The van der Waals surface area contributed by atoms with Gasteiger partial charge in [-0.05, 0) is 44.1 Å². The molecule has 0 bridgehead atoms. The third-order valence-electron chi connectivity index (χ3n) is 4.56. The summed E-state index contributed by atoms with van der Waals surface area (Å²) in [6, 6.07) is 6.81. The van der Waals surface area contributed by atoms with E-state index in [1.807, 2.05) is 0 Å². The monoisotopic (exact) mass is 245 g/mol. The van der Waals surface area contributed by atoms with E-state index in [-0.39, 0.29) is 5.54 Å². The number of hydrogen-bond acceptors (Lipinski definition) is 1. The second-order valence-electron chi connectivity index (χ2n) is 6.63. The molecule has 0 aliphatic heterocycles. The van der Waals surface area contributed by atoms with Gasteiger partial charge in [-0.2, -0.15) is 0 Å². The molecule has 1 nitrogen and oxygen atoms in total. The molecule has 1 aromatic carbocycles. The van der Waals surface area contributed by atoms with Gasteiger partial charge in [0, 0.05) is 5.54 Å². The lowest BCUT2D eigenvalue weighted by Gasteiger charge is -2.40. The molecule has 0 amide bonds. The van der Waals surface area contributed by atoms with Crippen LogP contribution in [0.3, 0.4) is 0 Å². The van der Waals surface area contributed by atoms with E-state index < -0.39 is 0 Å². The molecule has 0 heterocycles. The highest BCUT2D eigenvalue weighted by Gasteiger charge is 2.35. The molecule has 100 valence electrons. The lowest BCUT2D eigenvalue weighted by Crippen LogP contribution is -2.42. The first kappa shape index (κ1) is 13.6. The van der Waals surface area contributed by atoms with Gasteiger partial charge in [0.2, 0.25) is 0 Å². The van der Waals surface area contributed by atoms with E-state index in [9.17, 15) is 0 Å². The number of rotatable bonds is 2. The van der Waals surface area contributed by atoms with Gasteiger partial charge in [-0.15, -0.1) is 0 Å². The summed E-state index contributed by atoms with van der Waals surface area (Å²) in [5, 5.41) is 0. The molecule has 1 saturated carbocycles. The van der Waals surface area contributed by atoms with Crippen molar-refractivity contribution in [2.24, 2.45) is 17.6 Å². The van der Waals surface area contributed by atoms with Crippen LogP contribution in [0.25, 0.3) is 0 Å². The number of nitrogens with two attached hydrogens (primary N) is 1. The highest BCUT2D eigenvalue weighted by Crippen LogP contribution is 2.41. The number of benzene rings is 1. The van der Waals surface area contributed by atoms with Crippen LogP contribution in [0.2, 0.25) is 0 Å². The molecule has 1 aliphatic carbocycles. The Bertz CT molecular complexity index is 401. The maximum atomic E-state index is 6.75. The predicted octanol–water partition coefficient (Wildman–Crippen LogP) is 4.30. The van der Waals surface area contributed by atoms with Gasteiger partial charge in [-0.25, -0.2) is 0 Å². The van der Waals surface area contributed by atoms with Crippen LogP contribution in [0.15, 0.2) is 18.2 Å². The van der Waals surface area contributed by atoms with Crippen molar-refractivity contribution in [3.05, 3.63) is 34.9 Å². The minimum Gasteiger partial charge on any atom is -0.321 e. The molecule has 0 aromatic heterocycles. The Morgan fingerprint density at radius 2 is 1.78 bits per heavy atom. The fourth-order valence-electron chi connectivity index (χ4n) is 3.45. The molecular formula is C17H27N. The molecule has 0 spiro atoms. The Morgan fingerprint density at radius 1 is 1.17 bits per heavy atom. The zero-order chi connectivity index (χ0) is 13.3. The van der Waals surface area contributed by atoms with Crippen molar-refractivity contribution in [3.63, 3.8) is 0 Å². The average Bonchev–Trinajstić information content (AvgIpc) is 2.27. The molecule has 2 atom stereocenters. The lowest BCUT2D eigenvalue weighted by molar-refractivity contribution is 0.184. The van der Waals surface area contributed by atoms with Gasteiger partial charge < -0.3 is 5.73 Å². The summed E-state index contributed by atoms with van der Waals surface area (Å²) in [5.74, 6) is 1.53. The first-order valence-electron chi connectivity index (χ1n) is 7.28. The zero-order valence-corrected chi connectivity index (χ0v) is 12.3. The minimum atomic E-state index is -0.0933. The molecule has 1 aliphatic rings. The highest BCUT2D eigenvalue weighted by molar-refractivity contribution is 5.33. The fraction of sp³-hybridized carbons (Fsp3) is 0.647. The summed E-state index contributed by atoms with van der Waals surface area (Å²) < 4.78 is 0. The van der Waals surface area contributed by atoms with E-state index in [1.54, 1.807) is 0 Å². The summed E-state index contributed by atoms with van der Waals surface area (Å²) in [4.78, 5) is 0.